The number of hydrogen-bond acceptors (Lipinski definition) is 8. The van der Waals surface area contributed by atoms with E-state index in [1.165, 1.54) is 6.20 Å². The van der Waals surface area contributed by atoms with E-state index >= 15 is 0 Å². The average molecular weight is 421 g/mol. The number of aromatic nitrogens is 5. The smallest absolute Gasteiger partial charge is 0.242 e. The van der Waals surface area contributed by atoms with Gasteiger partial charge in [-0.25, -0.2) is 19.9 Å². The van der Waals surface area contributed by atoms with Gasteiger partial charge in [-0.2, -0.15) is 0 Å². The summed E-state index contributed by atoms with van der Waals surface area (Å²) in [5, 5.41) is 9.16. The molecule has 0 amide bonds. The highest BCUT2D eigenvalue weighted by atomic mass is 35.5. The number of nitrogens with two attached hydrogens (primary N) is 1. The summed E-state index contributed by atoms with van der Waals surface area (Å²) < 4.78 is 12.3. The monoisotopic (exact) mass is 420 g/mol. The molecule has 0 radical (unpaired) electrons. The van der Waals surface area contributed by atoms with Gasteiger partial charge in [0.2, 0.25) is 11.8 Å². The van der Waals surface area contributed by atoms with Gasteiger partial charge >= 0.3 is 0 Å². The van der Waals surface area contributed by atoms with Crippen LogP contribution in [0.3, 0.4) is 0 Å². The van der Waals surface area contributed by atoms with Crippen LogP contribution >= 0.6 is 11.6 Å². The van der Waals surface area contributed by atoms with Gasteiger partial charge in [0, 0.05) is 12.6 Å². The highest BCUT2D eigenvalue weighted by Crippen LogP contribution is 2.31. The van der Waals surface area contributed by atoms with E-state index in [9.17, 15) is 0 Å². The van der Waals surface area contributed by atoms with Crippen molar-refractivity contribution in [3.05, 3.63) is 23.6 Å². The summed E-state index contributed by atoms with van der Waals surface area (Å²) in [5.41, 5.74) is 8.26. The van der Waals surface area contributed by atoms with Gasteiger partial charge in [-0.05, 0) is 32.8 Å². The van der Waals surface area contributed by atoms with Gasteiger partial charge in [0.05, 0.1) is 48.6 Å². The van der Waals surface area contributed by atoms with E-state index < -0.39 is 0 Å². The number of rotatable bonds is 3. The molecule has 9 nitrogen and oxygen atoms in total. The Morgan fingerprint density at radius 3 is 2.72 bits per heavy atom. The maximum Gasteiger partial charge on any atom is 0.242 e. The van der Waals surface area contributed by atoms with Crippen molar-refractivity contribution in [1.29, 1.82) is 0 Å². The van der Waals surface area contributed by atoms with Gasteiger partial charge < -0.3 is 24.9 Å². The number of aliphatic hydroxyl groups excluding tert-OH is 1. The van der Waals surface area contributed by atoms with Crippen LogP contribution in [0.4, 0.5) is 5.95 Å². The molecular formula is C19H25ClN6O3. The number of fused-ring (bicyclic) bond motifs is 1. The Hall–Kier alpha value is -2.49. The fraction of sp³-hybridized carbons (Fsp3) is 0.474. The van der Waals surface area contributed by atoms with Gasteiger partial charge in [-0.3, -0.25) is 0 Å². The molecule has 0 aliphatic carbocycles. The maximum absolute atomic E-state index is 8.78. The third kappa shape index (κ3) is 4.92. The number of imidazole rings is 1. The van der Waals surface area contributed by atoms with Crippen LogP contribution in [-0.2, 0) is 4.74 Å². The maximum atomic E-state index is 8.78. The fourth-order valence-corrected chi connectivity index (χ4v) is 3.15. The quantitative estimate of drug-likeness (QED) is 0.663. The van der Waals surface area contributed by atoms with Crippen LogP contribution in [0.15, 0.2) is 18.6 Å². The van der Waals surface area contributed by atoms with Gasteiger partial charge in [-0.15, -0.1) is 0 Å². The number of halogens is 1. The lowest BCUT2D eigenvalue weighted by Gasteiger charge is -2.15. The molecule has 3 N–H and O–H groups in total. The molecule has 156 valence electrons. The molecule has 1 fully saturated rings. The fourth-order valence-electron chi connectivity index (χ4n) is 2.96. The van der Waals surface area contributed by atoms with Gasteiger partial charge in [0.15, 0.2) is 5.52 Å². The van der Waals surface area contributed by atoms with Crippen molar-refractivity contribution in [3.63, 3.8) is 0 Å². The predicted molar refractivity (Wildman–Crippen MR) is 111 cm³/mol. The molecule has 1 aliphatic heterocycles. The summed E-state index contributed by atoms with van der Waals surface area (Å²) in [5.74, 6) is 0.554. The second-order valence-corrected chi connectivity index (χ2v) is 7.33. The number of anilines is 1. The van der Waals surface area contributed by atoms with Crippen LogP contribution in [0.2, 0.25) is 5.02 Å². The average Bonchev–Trinajstić information content (AvgIpc) is 3.14. The molecule has 4 rings (SSSR count). The molecule has 0 aromatic carbocycles. The van der Waals surface area contributed by atoms with E-state index in [2.05, 4.69) is 33.8 Å². The van der Waals surface area contributed by atoms with E-state index in [-0.39, 0.29) is 18.1 Å². The minimum atomic E-state index is -0.186. The Morgan fingerprint density at radius 2 is 2.14 bits per heavy atom. The summed E-state index contributed by atoms with van der Waals surface area (Å²) in [6.07, 6.45) is 4.96. The zero-order chi connectivity index (χ0) is 21.0. The van der Waals surface area contributed by atoms with Crippen molar-refractivity contribution in [1.82, 2.24) is 24.5 Å². The molecule has 3 aromatic heterocycles. The van der Waals surface area contributed by atoms with Crippen LogP contribution in [0.25, 0.3) is 22.4 Å². The second kappa shape index (κ2) is 9.34. The lowest BCUT2D eigenvalue weighted by molar-refractivity contribution is -0.00535. The van der Waals surface area contributed by atoms with Gasteiger partial charge in [0.25, 0.3) is 0 Å². The van der Waals surface area contributed by atoms with Crippen molar-refractivity contribution >= 4 is 28.6 Å². The first-order valence-electron chi connectivity index (χ1n) is 9.36. The molecule has 4 heterocycles. The van der Waals surface area contributed by atoms with Crippen molar-refractivity contribution in [2.75, 3.05) is 26.1 Å². The van der Waals surface area contributed by atoms with E-state index in [4.69, 9.17) is 31.9 Å². The van der Waals surface area contributed by atoms with Crippen molar-refractivity contribution in [3.8, 4) is 17.3 Å². The number of pyridine rings is 1. The molecule has 1 atom stereocenters. The number of nitrogen functional groups attached to an aromatic ring is 1. The SMILES string of the molecule is COc1nc(-c2nc(N)ncc2Cl)cc2c1ncn2C(C)C.OC1CCCOC1. The highest BCUT2D eigenvalue weighted by Gasteiger charge is 2.17. The molecule has 10 heteroatoms. The molecule has 0 bridgehead atoms. The molecule has 1 unspecified atom stereocenters. The van der Waals surface area contributed by atoms with Gasteiger partial charge in [0.1, 0.15) is 5.69 Å². The Labute approximate surface area is 173 Å². The van der Waals surface area contributed by atoms with Crippen LogP contribution in [0.1, 0.15) is 32.7 Å². The summed E-state index contributed by atoms with van der Waals surface area (Å²) >= 11 is 6.17. The molecular weight excluding hydrogens is 396 g/mol. The lowest BCUT2D eigenvalue weighted by atomic mass is 10.2. The van der Waals surface area contributed by atoms with E-state index in [1.807, 2.05) is 10.6 Å². The molecule has 0 saturated carbocycles. The third-order valence-electron chi connectivity index (χ3n) is 4.42. The molecule has 0 spiro atoms. The van der Waals surface area contributed by atoms with Crippen molar-refractivity contribution in [2.24, 2.45) is 0 Å². The van der Waals surface area contributed by atoms with Crippen LogP contribution < -0.4 is 10.5 Å². The molecule has 1 aliphatic rings. The van der Waals surface area contributed by atoms with E-state index in [0.29, 0.717) is 34.4 Å². The molecule has 29 heavy (non-hydrogen) atoms. The number of nitrogens with zero attached hydrogens (tertiary/aromatic N) is 5. The summed E-state index contributed by atoms with van der Waals surface area (Å²) in [6, 6.07) is 2.12. The van der Waals surface area contributed by atoms with Gasteiger partial charge in [-0.1, -0.05) is 11.6 Å². The Kier molecular flexibility index (Phi) is 6.83. The summed E-state index contributed by atoms with van der Waals surface area (Å²) in [6.45, 7) is 5.52. The Morgan fingerprint density at radius 1 is 1.34 bits per heavy atom. The Balaban J connectivity index is 0.000000290. The number of ether oxygens (including phenoxy) is 2. The first kappa shape index (κ1) is 21.2. The van der Waals surface area contributed by atoms with Crippen molar-refractivity contribution in [2.45, 2.75) is 38.8 Å². The molecule has 1 saturated heterocycles. The van der Waals surface area contributed by atoms with Crippen LogP contribution in [-0.4, -0.2) is 56.0 Å². The standard InChI is InChI=1S/C14H15ClN6O.C5H10O2/c1-7(2)21-6-18-12-10(21)4-9(19-13(12)22-3)11-8(15)5-17-14(16)20-11;6-5-2-1-3-7-4-5/h4-7H,1-3H3,(H2,16,17,20);5-6H,1-4H2. The van der Waals surface area contributed by atoms with Crippen LogP contribution in [0, 0.1) is 0 Å². The number of hydrogen-bond donors (Lipinski definition) is 2. The normalized spacial score (nSPS) is 16.6. The minimum absolute atomic E-state index is 0.137. The largest absolute Gasteiger partial charge is 0.479 e. The zero-order valence-corrected chi connectivity index (χ0v) is 17.4. The summed E-state index contributed by atoms with van der Waals surface area (Å²) in [7, 11) is 1.55. The first-order valence-corrected chi connectivity index (χ1v) is 9.74. The Bertz CT molecular complexity index is 972. The third-order valence-corrected chi connectivity index (χ3v) is 4.70. The highest BCUT2D eigenvalue weighted by molar-refractivity contribution is 6.32. The minimum Gasteiger partial charge on any atom is -0.479 e. The van der Waals surface area contributed by atoms with Crippen molar-refractivity contribution < 1.29 is 14.6 Å². The van der Waals surface area contributed by atoms with Crippen LogP contribution in [0.5, 0.6) is 5.88 Å². The topological polar surface area (TPSA) is 121 Å². The summed E-state index contributed by atoms with van der Waals surface area (Å²) in [4.78, 5) is 16.8. The number of methoxy groups -OCH3 is 1. The van der Waals surface area contributed by atoms with E-state index in [1.54, 1.807) is 13.4 Å². The zero-order valence-electron chi connectivity index (χ0n) is 16.7. The predicted octanol–water partition coefficient (Wildman–Crippen LogP) is 2.87. The molecule has 3 aromatic rings. The number of aliphatic hydroxyl groups is 1. The second-order valence-electron chi connectivity index (χ2n) is 6.93. The van der Waals surface area contributed by atoms with E-state index in [0.717, 1.165) is 25.0 Å². The lowest BCUT2D eigenvalue weighted by Crippen LogP contribution is -2.21. The first-order chi connectivity index (χ1) is 13.9.